The van der Waals surface area contributed by atoms with Gasteiger partial charge in [-0.3, -0.25) is 9.56 Å². The maximum atomic E-state index is 12.7. The van der Waals surface area contributed by atoms with Crippen LogP contribution in [0.5, 0.6) is 0 Å². The number of para-hydroxylation sites is 2. The van der Waals surface area contributed by atoms with Gasteiger partial charge in [0.2, 0.25) is 0 Å². The number of nitrogens with zero attached hydrogens (tertiary/aromatic N) is 2. The number of fused-ring (bicyclic) bond motifs is 2. The smallest absolute Gasteiger partial charge is 0.305 e. The molecule has 0 unspecified atom stereocenters. The molecule has 0 saturated carbocycles. The predicted octanol–water partition coefficient (Wildman–Crippen LogP) is 4.77. The number of H-pyrrole nitrogens is 1. The second kappa shape index (κ2) is 5.75. The van der Waals surface area contributed by atoms with E-state index >= 15 is 0 Å². The maximum Gasteiger partial charge on any atom is 0.331 e. The highest BCUT2D eigenvalue weighted by Crippen LogP contribution is 2.41. The van der Waals surface area contributed by atoms with Crippen molar-refractivity contribution >= 4 is 34.7 Å². The first-order valence-electron chi connectivity index (χ1n) is 8.32. The lowest BCUT2D eigenvalue weighted by atomic mass is 10.0. The molecule has 1 aliphatic rings. The number of imidazole rings is 1. The van der Waals surface area contributed by atoms with Crippen LogP contribution in [0.15, 0.2) is 75.3 Å². The van der Waals surface area contributed by atoms with Crippen LogP contribution in [0.4, 0.5) is 5.69 Å². The van der Waals surface area contributed by atoms with E-state index in [2.05, 4.69) is 29.4 Å². The van der Waals surface area contributed by atoms with Gasteiger partial charge < -0.3 is 4.98 Å². The molecule has 26 heavy (non-hydrogen) atoms. The van der Waals surface area contributed by atoms with Gasteiger partial charge >= 0.3 is 5.69 Å². The van der Waals surface area contributed by atoms with Crippen molar-refractivity contribution in [1.82, 2.24) is 9.55 Å². The second-order valence-electron chi connectivity index (χ2n) is 6.14. The van der Waals surface area contributed by atoms with E-state index in [0.717, 1.165) is 39.1 Å². The first-order chi connectivity index (χ1) is 12.8. The molecule has 0 atom stereocenters. The minimum absolute atomic E-state index is 0.144. The monoisotopic (exact) mass is 357 g/mol. The van der Waals surface area contributed by atoms with E-state index in [0.29, 0.717) is 0 Å². The Kier molecular flexibility index (Phi) is 3.36. The Hall–Kier alpha value is -3.05. The average molecular weight is 357 g/mol. The fraction of sp³-hybridized carbons (Fsp3) is 0.0476. The third kappa shape index (κ3) is 2.10. The standard InChI is InChI=1S/C21H15N3OS/c1-26-18-11-3-2-7-14(18)15-8-5-10-17-19(15)22-12-13-6-4-9-16-20(13)24(17)21(25)23-16/h2-12H,1H3,(H,23,25). The summed E-state index contributed by atoms with van der Waals surface area (Å²) in [6.45, 7) is 0. The summed E-state index contributed by atoms with van der Waals surface area (Å²) in [6.07, 6.45) is 3.92. The molecule has 0 radical (unpaired) electrons. The molecule has 0 amide bonds. The normalized spacial score (nSPS) is 12.2. The molecule has 5 heteroatoms. The number of rotatable bonds is 2. The average Bonchev–Trinajstić information content (AvgIpc) is 2.91. The Morgan fingerprint density at radius 3 is 2.65 bits per heavy atom. The minimum Gasteiger partial charge on any atom is -0.305 e. The van der Waals surface area contributed by atoms with Crippen molar-refractivity contribution < 1.29 is 0 Å². The minimum atomic E-state index is -0.144. The molecule has 0 fully saturated rings. The van der Waals surface area contributed by atoms with E-state index in [4.69, 9.17) is 4.99 Å². The molecule has 0 saturated heterocycles. The zero-order chi connectivity index (χ0) is 17.7. The Balaban J connectivity index is 1.89. The number of benzene rings is 3. The Labute approximate surface area is 154 Å². The molecule has 1 aromatic heterocycles. The lowest BCUT2D eigenvalue weighted by Gasteiger charge is -2.13. The summed E-state index contributed by atoms with van der Waals surface area (Å²) in [4.78, 5) is 21.6. The molecule has 0 bridgehead atoms. The van der Waals surface area contributed by atoms with Crippen molar-refractivity contribution in [2.75, 3.05) is 6.26 Å². The largest absolute Gasteiger partial charge is 0.331 e. The van der Waals surface area contributed by atoms with Crippen LogP contribution < -0.4 is 5.69 Å². The van der Waals surface area contributed by atoms with Gasteiger partial charge in [-0.1, -0.05) is 42.5 Å². The third-order valence-corrected chi connectivity index (χ3v) is 5.52. The molecular formula is C21H15N3OS. The Bertz CT molecular complexity index is 1250. The second-order valence-corrected chi connectivity index (χ2v) is 6.99. The molecule has 3 aromatic carbocycles. The van der Waals surface area contributed by atoms with E-state index in [1.165, 1.54) is 4.90 Å². The van der Waals surface area contributed by atoms with Gasteiger partial charge in [-0.05, 0) is 30.0 Å². The van der Waals surface area contributed by atoms with Crippen molar-refractivity contribution in [2.45, 2.75) is 4.90 Å². The number of aliphatic imine (C=N–C) groups is 1. The molecule has 0 spiro atoms. The van der Waals surface area contributed by atoms with Gasteiger partial charge in [-0.25, -0.2) is 4.79 Å². The number of aromatic nitrogens is 2. The Morgan fingerprint density at radius 2 is 1.77 bits per heavy atom. The summed E-state index contributed by atoms with van der Waals surface area (Å²) < 4.78 is 1.73. The fourth-order valence-corrected chi connectivity index (χ4v) is 4.20. The van der Waals surface area contributed by atoms with Gasteiger partial charge in [0.1, 0.15) is 0 Å². The van der Waals surface area contributed by atoms with Crippen LogP contribution in [-0.4, -0.2) is 22.0 Å². The zero-order valence-corrected chi connectivity index (χ0v) is 14.9. The van der Waals surface area contributed by atoms with Crippen LogP contribution in [-0.2, 0) is 0 Å². The molecule has 4 aromatic rings. The summed E-state index contributed by atoms with van der Waals surface area (Å²) in [5.74, 6) is 0. The van der Waals surface area contributed by atoms with E-state index in [1.54, 1.807) is 16.3 Å². The summed E-state index contributed by atoms with van der Waals surface area (Å²) in [5, 5.41) is 0. The summed E-state index contributed by atoms with van der Waals surface area (Å²) in [7, 11) is 0. The van der Waals surface area contributed by atoms with Gasteiger partial charge in [0.15, 0.2) is 0 Å². The van der Waals surface area contributed by atoms with Gasteiger partial charge in [0, 0.05) is 22.2 Å². The van der Waals surface area contributed by atoms with E-state index in [9.17, 15) is 4.79 Å². The lowest BCUT2D eigenvalue weighted by Crippen LogP contribution is -2.14. The summed E-state index contributed by atoms with van der Waals surface area (Å²) in [5.41, 5.74) is 6.24. The lowest BCUT2D eigenvalue weighted by molar-refractivity contribution is 1.02. The van der Waals surface area contributed by atoms with Crippen molar-refractivity contribution in [3.05, 3.63) is 76.7 Å². The van der Waals surface area contributed by atoms with Gasteiger partial charge in [-0.2, -0.15) is 0 Å². The predicted molar refractivity (Wildman–Crippen MR) is 108 cm³/mol. The Morgan fingerprint density at radius 1 is 0.962 bits per heavy atom. The van der Waals surface area contributed by atoms with Crippen LogP contribution in [0.2, 0.25) is 0 Å². The number of aromatic amines is 1. The van der Waals surface area contributed by atoms with Crippen molar-refractivity contribution in [1.29, 1.82) is 0 Å². The molecule has 0 aliphatic carbocycles. The first kappa shape index (κ1) is 15.2. The molecular weight excluding hydrogens is 342 g/mol. The number of hydrogen-bond donors (Lipinski definition) is 1. The SMILES string of the molecule is CSc1ccccc1-c1cccc2c1N=Cc1cccc3[nH]c(=O)n-2c13. The molecule has 1 N–H and O–H groups in total. The molecule has 2 heterocycles. The zero-order valence-electron chi connectivity index (χ0n) is 14.1. The number of nitrogens with one attached hydrogen (secondary N) is 1. The highest BCUT2D eigenvalue weighted by atomic mass is 32.2. The topological polar surface area (TPSA) is 50.1 Å². The van der Waals surface area contributed by atoms with Gasteiger partial charge in [-0.15, -0.1) is 11.8 Å². The highest BCUT2D eigenvalue weighted by molar-refractivity contribution is 7.98. The third-order valence-electron chi connectivity index (χ3n) is 4.72. The first-order valence-corrected chi connectivity index (χ1v) is 9.55. The molecule has 5 rings (SSSR count). The van der Waals surface area contributed by atoms with Gasteiger partial charge in [0.05, 0.1) is 22.4 Å². The van der Waals surface area contributed by atoms with E-state index < -0.39 is 0 Å². The number of hydrogen-bond acceptors (Lipinski definition) is 3. The van der Waals surface area contributed by atoms with E-state index in [1.807, 2.05) is 48.7 Å². The van der Waals surface area contributed by atoms with Crippen molar-refractivity contribution in [3.8, 4) is 16.8 Å². The molecule has 126 valence electrons. The summed E-state index contributed by atoms with van der Waals surface area (Å²) in [6, 6.07) is 20.1. The number of thioether (sulfide) groups is 1. The van der Waals surface area contributed by atoms with Crippen molar-refractivity contribution in [3.63, 3.8) is 0 Å². The fourth-order valence-electron chi connectivity index (χ4n) is 3.58. The molecule has 4 nitrogen and oxygen atoms in total. The van der Waals surface area contributed by atoms with Gasteiger partial charge in [0.25, 0.3) is 0 Å². The maximum absolute atomic E-state index is 12.7. The van der Waals surface area contributed by atoms with E-state index in [-0.39, 0.29) is 5.69 Å². The van der Waals surface area contributed by atoms with Crippen molar-refractivity contribution in [2.24, 2.45) is 4.99 Å². The van der Waals surface area contributed by atoms with Crippen LogP contribution in [0.1, 0.15) is 5.56 Å². The highest BCUT2D eigenvalue weighted by Gasteiger charge is 2.20. The van der Waals surface area contributed by atoms with Crippen LogP contribution in [0, 0.1) is 0 Å². The molecule has 1 aliphatic heterocycles. The van der Waals surface area contributed by atoms with Crippen LogP contribution >= 0.6 is 11.8 Å². The quantitative estimate of drug-likeness (QED) is 0.463. The van der Waals surface area contributed by atoms with Crippen LogP contribution in [0.25, 0.3) is 27.8 Å². The van der Waals surface area contributed by atoms with Crippen LogP contribution in [0.3, 0.4) is 0 Å². The summed E-state index contributed by atoms with van der Waals surface area (Å²) >= 11 is 1.71.